The molecule has 0 aliphatic rings. The summed E-state index contributed by atoms with van der Waals surface area (Å²) in [5.74, 6) is -1.39. The van der Waals surface area contributed by atoms with Crippen LogP contribution in [0.3, 0.4) is 0 Å². The summed E-state index contributed by atoms with van der Waals surface area (Å²) in [5.41, 5.74) is 5.85. The summed E-state index contributed by atoms with van der Waals surface area (Å²) in [4.78, 5) is 54.2. The van der Waals surface area contributed by atoms with E-state index in [4.69, 9.17) is 10.5 Å². The summed E-state index contributed by atoms with van der Waals surface area (Å²) in [6, 6.07) is 12.8. The van der Waals surface area contributed by atoms with E-state index in [2.05, 4.69) is 24.5 Å². The lowest BCUT2D eigenvalue weighted by atomic mass is 9.96. The van der Waals surface area contributed by atoms with Crippen molar-refractivity contribution in [3.8, 4) is 5.75 Å². The number of rotatable bonds is 14. The maximum Gasteiger partial charge on any atom is 0.408 e. The zero-order valence-corrected chi connectivity index (χ0v) is 25.6. The number of phenols is 1. The van der Waals surface area contributed by atoms with Gasteiger partial charge in [-0.05, 0) is 76.1 Å². The topological polar surface area (TPSA) is 151 Å². The molecule has 4 amide bonds. The number of nitrogens with two attached hydrogens (primary N) is 1. The normalized spacial score (nSPS) is 13.5. The third-order valence-electron chi connectivity index (χ3n) is 6.58. The first-order chi connectivity index (χ1) is 19.7. The molecule has 42 heavy (non-hydrogen) atoms. The minimum absolute atomic E-state index is 0.0623. The van der Waals surface area contributed by atoms with Gasteiger partial charge in [-0.2, -0.15) is 0 Å². The van der Waals surface area contributed by atoms with Crippen LogP contribution in [0.4, 0.5) is 4.79 Å². The number of phenolic OH excluding ortho intramolecular Hbond substituents is 1. The Labute approximate surface area is 249 Å². The van der Waals surface area contributed by atoms with Gasteiger partial charge in [0.25, 0.3) is 0 Å². The number of aromatic hydroxyl groups is 1. The lowest BCUT2D eigenvalue weighted by Gasteiger charge is -2.39. The molecule has 0 saturated carbocycles. The molecule has 0 aromatic heterocycles. The summed E-state index contributed by atoms with van der Waals surface area (Å²) >= 11 is 0. The highest BCUT2D eigenvalue weighted by Crippen LogP contribution is 2.30. The number of nitrogens with zero attached hydrogens (tertiary/aromatic N) is 1. The van der Waals surface area contributed by atoms with Gasteiger partial charge in [-0.1, -0.05) is 56.3 Å². The quantitative estimate of drug-likeness (QED) is 0.256. The van der Waals surface area contributed by atoms with Gasteiger partial charge in [0.15, 0.2) is 0 Å². The van der Waals surface area contributed by atoms with Crippen molar-refractivity contribution < 1.29 is 29.0 Å². The maximum atomic E-state index is 14.4. The van der Waals surface area contributed by atoms with Crippen LogP contribution in [0, 0.1) is 5.92 Å². The van der Waals surface area contributed by atoms with E-state index in [0.717, 1.165) is 12.0 Å². The number of carbonyl (C=O) groups excluding carboxylic acids is 4. The summed E-state index contributed by atoms with van der Waals surface area (Å²) in [6.45, 7) is 11.3. The Balaban J connectivity index is 2.57. The minimum Gasteiger partial charge on any atom is -0.508 e. The van der Waals surface area contributed by atoms with Crippen molar-refractivity contribution in [2.24, 2.45) is 11.7 Å². The molecule has 0 radical (unpaired) electrons. The van der Waals surface area contributed by atoms with Gasteiger partial charge in [0.1, 0.15) is 23.4 Å². The molecule has 2 aromatic carbocycles. The predicted molar refractivity (Wildman–Crippen MR) is 161 cm³/mol. The fourth-order valence-corrected chi connectivity index (χ4v) is 4.50. The molecule has 3 unspecified atom stereocenters. The van der Waals surface area contributed by atoms with E-state index in [1.54, 1.807) is 32.9 Å². The summed E-state index contributed by atoms with van der Waals surface area (Å²) in [5, 5.41) is 15.8. The van der Waals surface area contributed by atoms with Gasteiger partial charge in [0.05, 0.1) is 0 Å². The summed E-state index contributed by atoms with van der Waals surface area (Å²) in [7, 11) is 0. The molecule has 10 nitrogen and oxygen atoms in total. The van der Waals surface area contributed by atoms with Crippen LogP contribution >= 0.6 is 0 Å². The van der Waals surface area contributed by atoms with Crippen LogP contribution < -0.4 is 16.4 Å². The highest BCUT2D eigenvalue weighted by Gasteiger charge is 2.39. The Morgan fingerprint density at radius 2 is 1.62 bits per heavy atom. The van der Waals surface area contributed by atoms with Crippen LogP contribution in [0.5, 0.6) is 5.75 Å². The van der Waals surface area contributed by atoms with Crippen LogP contribution in [0.2, 0.25) is 0 Å². The molecule has 0 fully saturated rings. The number of nitrogens with one attached hydrogen (secondary N) is 2. The SMILES string of the molecule is CC(C)CCC(C)N(C(=O)C(CCC(N)=O)NC(=O)OC(C)(C)C)C(C(=O)NCc1ccccc1)c1cccc(O)c1. The number of carbonyl (C=O) groups is 4. The first-order valence-corrected chi connectivity index (χ1v) is 14.4. The Kier molecular flexibility index (Phi) is 12.8. The van der Waals surface area contributed by atoms with Crippen molar-refractivity contribution in [2.75, 3.05) is 0 Å². The zero-order chi connectivity index (χ0) is 31.4. The van der Waals surface area contributed by atoms with E-state index >= 15 is 0 Å². The molecule has 3 atom stereocenters. The number of benzene rings is 2. The van der Waals surface area contributed by atoms with Crippen molar-refractivity contribution >= 4 is 23.8 Å². The summed E-state index contributed by atoms with van der Waals surface area (Å²) < 4.78 is 5.39. The average Bonchev–Trinajstić information content (AvgIpc) is 2.90. The fourth-order valence-electron chi connectivity index (χ4n) is 4.50. The summed E-state index contributed by atoms with van der Waals surface area (Å²) in [6.07, 6.45) is 0.257. The van der Waals surface area contributed by atoms with Gasteiger partial charge in [-0.3, -0.25) is 14.4 Å². The second kappa shape index (κ2) is 15.8. The predicted octanol–water partition coefficient (Wildman–Crippen LogP) is 4.56. The second-order valence-electron chi connectivity index (χ2n) is 12.0. The van der Waals surface area contributed by atoms with Crippen LogP contribution in [-0.4, -0.2) is 51.5 Å². The van der Waals surface area contributed by atoms with E-state index in [-0.39, 0.29) is 25.1 Å². The number of hydrogen-bond acceptors (Lipinski definition) is 6. The molecular weight excluding hydrogens is 536 g/mol. The van der Waals surface area contributed by atoms with Gasteiger partial charge in [-0.25, -0.2) is 4.79 Å². The van der Waals surface area contributed by atoms with Crippen molar-refractivity contribution in [3.05, 3.63) is 65.7 Å². The first-order valence-electron chi connectivity index (χ1n) is 14.4. The molecule has 2 aromatic rings. The van der Waals surface area contributed by atoms with Gasteiger partial charge in [-0.15, -0.1) is 0 Å². The molecule has 2 rings (SSSR count). The van der Waals surface area contributed by atoms with E-state index in [0.29, 0.717) is 17.9 Å². The molecule has 0 bridgehead atoms. The van der Waals surface area contributed by atoms with Crippen molar-refractivity contribution in [3.63, 3.8) is 0 Å². The largest absolute Gasteiger partial charge is 0.508 e. The number of amides is 4. The Hall–Kier alpha value is -4.08. The highest BCUT2D eigenvalue weighted by molar-refractivity contribution is 5.92. The molecule has 0 heterocycles. The van der Waals surface area contributed by atoms with Crippen molar-refractivity contribution in [1.82, 2.24) is 15.5 Å². The van der Waals surface area contributed by atoms with E-state index in [1.807, 2.05) is 37.3 Å². The first kappa shape index (κ1) is 34.1. The van der Waals surface area contributed by atoms with Crippen LogP contribution in [0.15, 0.2) is 54.6 Å². The Morgan fingerprint density at radius 3 is 2.19 bits per heavy atom. The van der Waals surface area contributed by atoms with Gasteiger partial charge >= 0.3 is 6.09 Å². The van der Waals surface area contributed by atoms with Crippen LogP contribution in [0.1, 0.15) is 84.4 Å². The second-order valence-corrected chi connectivity index (χ2v) is 12.0. The lowest BCUT2D eigenvalue weighted by Crippen LogP contribution is -2.55. The highest BCUT2D eigenvalue weighted by atomic mass is 16.6. The molecule has 230 valence electrons. The Bertz CT molecular complexity index is 1190. The van der Waals surface area contributed by atoms with Gasteiger partial charge < -0.3 is 31.1 Å². The standard InChI is InChI=1S/C32H46N4O6/c1-21(2)15-16-22(3)36(30(40)26(17-18-27(33)38)35-31(41)42-32(4,5)6)28(24-13-10-14-25(37)19-24)29(39)34-20-23-11-8-7-9-12-23/h7-14,19,21-22,26,28,37H,15-18,20H2,1-6H3,(H2,33,38)(H,34,39)(H,35,41). The van der Waals surface area contributed by atoms with Crippen LogP contribution in [-0.2, 0) is 25.7 Å². The molecule has 0 spiro atoms. The minimum atomic E-state index is -1.20. The van der Waals surface area contributed by atoms with Crippen molar-refractivity contribution in [1.29, 1.82) is 0 Å². The van der Waals surface area contributed by atoms with Gasteiger partial charge in [0.2, 0.25) is 17.7 Å². The van der Waals surface area contributed by atoms with Gasteiger partial charge in [0, 0.05) is 19.0 Å². The molecule has 10 heteroatoms. The van der Waals surface area contributed by atoms with Crippen molar-refractivity contribution in [2.45, 2.75) is 97.5 Å². The number of hydrogen-bond donors (Lipinski definition) is 4. The maximum absolute atomic E-state index is 14.4. The smallest absolute Gasteiger partial charge is 0.408 e. The molecule has 0 aliphatic heterocycles. The van der Waals surface area contributed by atoms with E-state index in [9.17, 15) is 24.3 Å². The number of alkyl carbamates (subject to hydrolysis) is 1. The monoisotopic (exact) mass is 582 g/mol. The molecule has 0 aliphatic carbocycles. The Morgan fingerprint density at radius 1 is 0.952 bits per heavy atom. The van der Waals surface area contributed by atoms with E-state index in [1.165, 1.54) is 17.0 Å². The fraction of sp³-hybridized carbons (Fsp3) is 0.500. The molecular formula is C32H46N4O6. The average molecular weight is 583 g/mol. The molecule has 0 saturated heterocycles. The number of primary amides is 1. The van der Waals surface area contributed by atoms with Crippen LogP contribution in [0.25, 0.3) is 0 Å². The zero-order valence-electron chi connectivity index (χ0n) is 25.6. The lowest BCUT2D eigenvalue weighted by molar-refractivity contribution is -0.145. The molecule has 5 N–H and O–H groups in total. The third kappa shape index (κ3) is 11.4. The number of ether oxygens (including phenoxy) is 1. The van der Waals surface area contributed by atoms with E-state index < -0.39 is 47.5 Å². The third-order valence-corrected chi connectivity index (χ3v) is 6.58.